The standard InChI is InChI=1S/C28H34O8.C6H14N2O2/c1-4-7-20-23(12-13-25(33-3)27(20)32)34-15-6-16-35-24-11-10-19-22(29)17-18(9-14-26(30)31)36-28(19)21(24)8-5-2;7-4-2-1-3-5(8)6(9)10/h10-13,17,32H,4-9,14-16H2,1-3H3,(H,30,31);5H,1-4,7-8H2,(H,9,10). The van der Waals surface area contributed by atoms with Gasteiger partial charge in [-0.3, -0.25) is 14.4 Å². The van der Waals surface area contributed by atoms with Gasteiger partial charge >= 0.3 is 11.9 Å². The van der Waals surface area contributed by atoms with Gasteiger partial charge in [0.25, 0.3) is 0 Å². The predicted molar refractivity (Wildman–Crippen MR) is 175 cm³/mol. The highest BCUT2D eigenvalue weighted by atomic mass is 16.5. The lowest BCUT2D eigenvalue weighted by molar-refractivity contribution is -0.139. The molecule has 0 amide bonds. The Balaban J connectivity index is 0.000000634. The molecule has 0 aliphatic carbocycles. The third kappa shape index (κ3) is 11.6. The molecule has 1 aromatic heterocycles. The number of hydrogen-bond donors (Lipinski definition) is 5. The van der Waals surface area contributed by atoms with Crippen molar-refractivity contribution in [3.05, 3.63) is 57.4 Å². The molecule has 0 fully saturated rings. The molecule has 2 aromatic carbocycles. The number of fused-ring (bicyclic) bond motifs is 1. The first kappa shape index (κ1) is 37.9. The smallest absolute Gasteiger partial charge is 0.320 e. The summed E-state index contributed by atoms with van der Waals surface area (Å²) in [6.45, 7) is 5.45. The quantitative estimate of drug-likeness (QED) is 0.112. The Kier molecular flexibility index (Phi) is 16.4. The molecule has 12 heteroatoms. The number of methoxy groups -OCH3 is 1. The van der Waals surface area contributed by atoms with Crippen LogP contribution in [0.15, 0.2) is 39.5 Å². The van der Waals surface area contributed by atoms with E-state index in [9.17, 15) is 19.5 Å². The second-order valence-electron chi connectivity index (χ2n) is 10.8. The van der Waals surface area contributed by atoms with Crippen LogP contribution in [0.5, 0.6) is 23.0 Å². The van der Waals surface area contributed by atoms with Crippen LogP contribution in [0.4, 0.5) is 0 Å². The number of carbonyl (C=O) groups is 2. The van der Waals surface area contributed by atoms with E-state index in [0.717, 1.165) is 36.8 Å². The largest absolute Gasteiger partial charge is 0.504 e. The number of nitrogens with two attached hydrogens (primary N) is 2. The van der Waals surface area contributed by atoms with E-state index in [-0.39, 0.29) is 24.0 Å². The van der Waals surface area contributed by atoms with Crippen LogP contribution < -0.4 is 31.1 Å². The lowest BCUT2D eigenvalue weighted by Crippen LogP contribution is -2.29. The number of aliphatic carboxylic acids is 2. The molecule has 12 nitrogen and oxygen atoms in total. The number of ether oxygens (including phenoxy) is 3. The van der Waals surface area contributed by atoms with E-state index in [0.29, 0.717) is 79.4 Å². The van der Waals surface area contributed by atoms with Crippen LogP contribution >= 0.6 is 0 Å². The number of unbranched alkanes of at least 4 members (excludes halogenated alkanes) is 1. The van der Waals surface area contributed by atoms with E-state index in [1.165, 1.54) is 13.2 Å². The Labute approximate surface area is 269 Å². The number of aromatic hydroxyl groups is 1. The van der Waals surface area contributed by atoms with Crippen LogP contribution in [0.25, 0.3) is 11.0 Å². The molecule has 3 rings (SSSR count). The van der Waals surface area contributed by atoms with Gasteiger partial charge in [0.15, 0.2) is 16.9 Å². The van der Waals surface area contributed by atoms with Crippen molar-refractivity contribution < 1.29 is 43.5 Å². The van der Waals surface area contributed by atoms with E-state index >= 15 is 0 Å². The number of hydrogen-bond acceptors (Lipinski definition) is 10. The summed E-state index contributed by atoms with van der Waals surface area (Å²) in [6, 6.07) is 7.60. The van der Waals surface area contributed by atoms with Gasteiger partial charge in [0, 0.05) is 30.0 Å². The third-order valence-corrected chi connectivity index (χ3v) is 7.11. The van der Waals surface area contributed by atoms with Crippen LogP contribution in [0.1, 0.15) is 75.7 Å². The average molecular weight is 645 g/mol. The third-order valence-electron chi connectivity index (χ3n) is 7.11. The minimum absolute atomic E-state index is 0.109. The number of phenols is 1. The van der Waals surface area contributed by atoms with Gasteiger partial charge in [-0.2, -0.15) is 0 Å². The van der Waals surface area contributed by atoms with E-state index in [2.05, 4.69) is 0 Å². The molecule has 0 radical (unpaired) electrons. The van der Waals surface area contributed by atoms with Crippen molar-refractivity contribution in [2.45, 2.75) is 84.1 Å². The fourth-order valence-corrected chi connectivity index (χ4v) is 4.72. The highest BCUT2D eigenvalue weighted by Gasteiger charge is 2.16. The Hall–Kier alpha value is -4.29. The average Bonchev–Trinajstić information content (AvgIpc) is 3.02. The summed E-state index contributed by atoms with van der Waals surface area (Å²) in [6.07, 6.45) is 5.81. The van der Waals surface area contributed by atoms with E-state index in [4.69, 9.17) is 40.3 Å². The van der Waals surface area contributed by atoms with Gasteiger partial charge in [-0.25, -0.2) is 0 Å². The maximum absolute atomic E-state index is 12.6. The fraction of sp³-hybridized carbons (Fsp3) is 0.500. The van der Waals surface area contributed by atoms with Gasteiger partial charge in [-0.05, 0) is 56.5 Å². The Morgan fingerprint density at radius 1 is 0.891 bits per heavy atom. The van der Waals surface area contributed by atoms with Crippen molar-refractivity contribution in [1.29, 1.82) is 0 Å². The van der Waals surface area contributed by atoms with E-state index in [1.807, 2.05) is 13.8 Å². The van der Waals surface area contributed by atoms with Crippen LogP contribution in [0, 0.1) is 0 Å². The summed E-state index contributed by atoms with van der Waals surface area (Å²) < 4.78 is 23.1. The molecule has 7 N–H and O–H groups in total. The zero-order chi connectivity index (χ0) is 34.1. The zero-order valence-electron chi connectivity index (χ0n) is 27.0. The summed E-state index contributed by atoms with van der Waals surface area (Å²) in [5, 5.41) is 28.2. The first-order valence-electron chi connectivity index (χ1n) is 15.7. The molecule has 0 aliphatic heterocycles. The summed E-state index contributed by atoms with van der Waals surface area (Å²) in [5.41, 5.74) is 12.2. The molecule has 0 spiro atoms. The first-order chi connectivity index (χ1) is 22.1. The SMILES string of the molecule is CCCc1c(OCCCOc2ccc3c(=O)cc(CCC(=O)O)oc3c2CCC)ccc(OC)c1O.NCCCCC(N)C(=O)O. The normalized spacial score (nSPS) is 11.4. The molecular weight excluding hydrogens is 596 g/mol. The van der Waals surface area contributed by atoms with Gasteiger partial charge in [0.2, 0.25) is 0 Å². The Bertz CT molecular complexity index is 1470. The summed E-state index contributed by atoms with van der Waals surface area (Å²) >= 11 is 0. The molecule has 0 aliphatic rings. The van der Waals surface area contributed by atoms with Gasteiger partial charge in [0.1, 0.15) is 28.9 Å². The molecule has 3 aromatic rings. The van der Waals surface area contributed by atoms with Gasteiger partial charge < -0.3 is 45.4 Å². The first-order valence-corrected chi connectivity index (χ1v) is 15.7. The molecule has 46 heavy (non-hydrogen) atoms. The number of carboxylic acids is 2. The topological polar surface area (TPSA) is 205 Å². The minimum Gasteiger partial charge on any atom is -0.504 e. The van der Waals surface area contributed by atoms with Crippen LogP contribution in [0.2, 0.25) is 0 Å². The maximum Gasteiger partial charge on any atom is 0.320 e. The van der Waals surface area contributed by atoms with Crippen molar-refractivity contribution in [2.75, 3.05) is 26.9 Å². The molecular formula is C34H48N2O10. The lowest BCUT2D eigenvalue weighted by Gasteiger charge is -2.16. The highest BCUT2D eigenvalue weighted by Crippen LogP contribution is 2.37. The molecule has 0 saturated heterocycles. The molecule has 0 bridgehead atoms. The summed E-state index contributed by atoms with van der Waals surface area (Å²) in [5.74, 6) is 0.266. The summed E-state index contributed by atoms with van der Waals surface area (Å²) in [4.78, 5) is 33.7. The number of rotatable bonds is 19. The molecule has 254 valence electrons. The van der Waals surface area contributed by atoms with E-state index in [1.54, 1.807) is 24.3 Å². The second kappa shape index (κ2) is 20.0. The zero-order valence-corrected chi connectivity index (χ0v) is 27.0. The van der Waals surface area contributed by atoms with Crippen molar-refractivity contribution in [1.82, 2.24) is 0 Å². The number of carboxylic acid groups (broad SMARTS) is 2. The van der Waals surface area contributed by atoms with Crippen LogP contribution in [-0.2, 0) is 28.9 Å². The van der Waals surface area contributed by atoms with Crippen LogP contribution in [0.3, 0.4) is 0 Å². The Morgan fingerprint density at radius 2 is 1.50 bits per heavy atom. The monoisotopic (exact) mass is 644 g/mol. The molecule has 1 heterocycles. The number of benzene rings is 2. The second-order valence-corrected chi connectivity index (χ2v) is 10.8. The highest BCUT2D eigenvalue weighted by molar-refractivity contribution is 5.82. The van der Waals surface area contributed by atoms with Gasteiger partial charge in [-0.1, -0.05) is 33.1 Å². The predicted octanol–water partition coefficient (Wildman–Crippen LogP) is 4.80. The van der Waals surface area contributed by atoms with Crippen molar-refractivity contribution in [3.8, 4) is 23.0 Å². The van der Waals surface area contributed by atoms with Crippen molar-refractivity contribution in [2.24, 2.45) is 11.5 Å². The Morgan fingerprint density at radius 3 is 2.09 bits per heavy atom. The van der Waals surface area contributed by atoms with Crippen molar-refractivity contribution in [3.63, 3.8) is 0 Å². The maximum atomic E-state index is 12.6. The lowest BCUT2D eigenvalue weighted by atomic mass is 10.0. The summed E-state index contributed by atoms with van der Waals surface area (Å²) in [7, 11) is 1.52. The van der Waals surface area contributed by atoms with Crippen LogP contribution in [-0.4, -0.2) is 60.2 Å². The van der Waals surface area contributed by atoms with Crippen molar-refractivity contribution >= 4 is 22.9 Å². The molecule has 1 unspecified atom stereocenters. The van der Waals surface area contributed by atoms with Gasteiger partial charge in [0.05, 0.1) is 32.1 Å². The van der Waals surface area contributed by atoms with Gasteiger partial charge in [-0.15, -0.1) is 0 Å². The van der Waals surface area contributed by atoms with E-state index < -0.39 is 18.0 Å². The number of phenolic OH excluding ortho intramolecular Hbond substituents is 1. The minimum atomic E-state index is -0.947. The fourth-order valence-electron chi connectivity index (χ4n) is 4.72. The molecule has 0 saturated carbocycles. The number of aryl methyl sites for hydroxylation is 2. The molecule has 1 atom stereocenters.